The third-order valence-electron chi connectivity index (χ3n) is 7.80. The average molecular weight is 624 g/mol. The largest absolute Gasteiger partial charge is 0.330 e. The summed E-state index contributed by atoms with van der Waals surface area (Å²) in [5.74, 6) is 0. The second-order valence-electron chi connectivity index (χ2n) is 11.4. The summed E-state index contributed by atoms with van der Waals surface area (Å²) in [4.78, 5) is 14.1. The molecule has 13 nitrogen and oxygen atoms in total. The van der Waals surface area contributed by atoms with E-state index in [1.54, 1.807) is 0 Å². The van der Waals surface area contributed by atoms with Gasteiger partial charge in [-0.25, -0.2) is 0 Å². The minimum Gasteiger partial charge on any atom is -0.330 e. The van der Waals surface area contributed by atoms with Gasteiger partial charge in [0, 0.05) is 150 Å². The normalized spacial score (nSPS) is 12.0. The molecule has 0 bridgehead atoms. The van der Waals surface area contributed by atoms with Gasteiger partial charge in [-0.15, -0.1) is 0 Å². The second kappa shape index (κ2) is 30.3. The fourth-order valence-electron chi connectivity index (χ4n) is 5.15. The first-order chi connectivity index (χ1) is 21.7. The van der Waals surface area contributed by atoms with Crippen LogP contribution in [0.4, 0.5) is 0 Å². The lowest BCUT2D eigenvalue weighted by Gasteiger charge is -2.30. The number of hydrogen-bond donors (Lipinski definition) is 8. The maximum absolute atomic E-state index is 5.99. The second-order valence-corrected chi connectivity index (χ2v) is 11.4. The zero-order chi connectivity index (χ0) is 31.9. The summed E-state index contributed by atoms with van der Waals surface area (Å²) in [6.07, 6.45) is 7.14. The van der Waals surface area contributed by atoms with Crippen molar-refractivity contribution in [2.45, 2.75) is 25.8 Å². The van der Waals surface area contributed by atoms with Crippen molar-refractivity contribution >= 4 is 0 Å². The summed E-state index contributed by atoms with van der Waals surface area (Å²) in [7, 11) is 0. The van der Waals surface area contributed by atoms with Crippen molar-refractivity contribution in [3.8, 4) is 0 Å². The molecule has 0 aliphatic carbocycles. The minimum atomic E-state index is 0.665. The van der Waals surface area contributed by atoms with Gasteiger partial charge in [0.05, 0.1) is 0 Å². The van der Waals surface area contributed by atoms with Gasteiger partial charge in [-0.05, 0) is 43.6 Å². The van der Waals surface area contributed by atoms with E-state index in [9.17, 15) is 0 Å². The molecule has 13 N–H and O–H groups in total. The number of hydrogen-bond acceptors (Lipinski definition) is 13. The summed E-state index contributed by atoms with van der Waals surface area (Å²) in [6.45, 7) is 20.9. The van der Waals surface area contributed by atoms with Crippen LogP contribution in [-0.4, -0.2) is 169 Å². The van der Waals surface area contributed by atoms with Crippen LogP contribution in [0.2, 0.25) is 0 Å². The first-order valence-electron chi connectivity index (χ1n) is 17.1. The first kappa shape index (κ1) is 40.7. The van der Waals surface area contributed by atoms with Gasteiger partial charge in [0.2, 0.25) is 0 Å². The van der Waals surface area contributed by atoms with Crippen LogP contribution in [0, 0.1) is 0 Å². The third-order valence-corrected chi connectivity index (χ3v) is 7.80. The Morgan fingerprint density at radius 2 is 0.886 bits per heavy atom. The average Bonchev–Trinajstić information content (AvgIpc) is 3.04. The molecule has 0 saturated carbocycles. The quantitative estimate of drug-likeness (QED) is 0.0384. The molecule has 1 aromatic rings. The van der Waals surface area contributed by atoms with Crippen LogP contribution in [0.5, 0.6) is 0 Å². The number of nitrogens with zero attached hydrogens (tertiary/aromatic N) is 5. The van der Waals surface area contributed by atoms with Crippen LogP contribution in [0.25, 0.3) is 0 Å². The molecule has 0 aliphatic rings. The van der Waals surface area contributed by atoms with Crippen LogP contribution in [-0.2, 0) is 6.54 Å². The molecular weight excluding hydrogens is 554 g/mol. The molecule has 0 amide bonds. The fraction of sp³-hybridized carbons (Fsp3) is 0.839. The number of unbranched alkanes of at least 4 members (excludes halogenated alkanes) is 2. The molecule has 0 unspecified atom stereocenters. The molecule has 0 aliphatic heterocycles. The van der Waals surface area contributed by atoms with Crippen molar-refractivity contribution in [1.29, 1.82) is 0 Å². The van der Waals surface area contributed by atoms with Gasteiger partial charge in [-0.1, -0.05) is 6.42 Å². The van der Waals surface area contributed by atoms with Gasteiger partial charge in [-0.2, -0.15) is 0 Å². The zero-order valence-electron chi connectivity index (χ0n) is 27.8. The molecule has 0 aromatic carbocycles. The van der Waals surface area contributed by atoms with Crippen molar-refractivity contribution in [1.82, 2.24) is 40.5 Å². The molecule has 0 atom stereocenters. The van der Waals surface area contributed by atoms with Gasteiger partial charge in [-0.3, -0.25) is 19.7 Å². The predicted octanol–water partition coefficient (Wildman–Crippen LogP) is -2.48. The van der Waals surface area contributed by atoms with Crippen molar-refractivity contribution in [2.75, 3.05) is 144 Å². The molecule has 0 fully saturated rings. The highest BCUT2D eigenvalue weighted by Gasteiger charge is 2.12. The van der Waals surface area contributed by atoms with Gasteiger partial charge in [0.1, 0.15) is 0 Å². The van der Waals surface area contributed by atoms with Crippen LogP contribution >= 0.6 is 0 Å². The monoisotopic (exact) mass is 624 g/mol. The van der Waals surface area contributed by atoms with Crippen LogP contribution in [0.3, 0.4) is 0 Å². The third kappa shape index (κ3) is 23.1. The minimum absolute atomic E-state index is 0.665. The van der Waals surface area contributed by atoms with Crippen molar-refractivity contribution in [3.63, 3.8) is 0 Å². The highest BCUT2D eigenvalue weighted by Crippen LogP contribution is 2.01. The maximum Gasteiger partial charge on any atom is 0.0271 e. The molecule has 1 heterocycles. The van der Waals surface area contributed by atoms with E-state index in [4.69, 9.17) is 28.7 Å². The summed E-state index contributed by atoms with van der Waals surface area (Å²) in [5, 5.41) is 10.7. The van der Waals surface area contributed by atoms with Crippen molar-refractivity contribution in [2.24, 2.45) is 28.7 Å². The summed E-state index contributed by atoms with van der Waals surface area (Å²) in [5.41, 5.74) is 30.2. The van der Waals surface area contributed by atoms with Gasteiger partial charge in [0.15, 0.2) is 0 Å². The number of nitrogens with one attached hydrogen (secondary N) is 3. The number of pyridine rings is 1. The molecule has 0 radical (unpaired) electrons. The van der Waals surface area contributed by atoms with E-state index in [-0.39, 0.29) is 0 Å². The summed E-state index contributed by atoms with van der Waals surface area (Å²) in [6, 6.07) is 4.11. The Kier molecular flexibility index (Phi) is 28.1. The van der Waals surface area contributed by atoms with E-state index >= 15 is 0 Å². The predicted molar refractivity (Wildman–Crippen MR) is 187 cm³/mol. The molecular formula is C31H69N13. The molecule has 1 aromatic heterocycles. The van der Waals surface area contributed by atoms with Crippen LogP contribution < -0.4 is 44.6 Å². The van der Waals surface area contributed by atoms with Crippen molar-refractivity contribution < 1.29 is 0 Å². The topological polar surface area (TPSA) is 192 Å². The Morgan fingerprint density at radius 3 is 1.39 bits per heavy atom. The van der Waals surface area contributed by atoms with Gasteiger partial charge < -0.3 is 49.5 Å². The Morgan fingerprint density at radius 1 is 0.432 bits per heavy atom. The van der Waals surface area contributed by atoms with E-state index in [1.165, 1.54) is 18.4 Å². The maximum atomic E-state index is 5.99. The molecule has 13 heteroatoms. The lowest BCUT2D eigenvalue weighted by Crippen LogP contribution is -2.45. The van der Waals surface area contributed by atoms with Crippen LogP contribution in [0.15, 0.2) is 24.5 Å². The molecule has 258 valence electrons. The molecule has 0 saturated heterocycles. The lowest BCUT2D eigenvalue weighted by atomic mass is 10.2. The smallest absolute Gasteiger partial charge is 0.0271 e. The van der Waals surface area contributed by atoms with E-state index in [0.717, 1.165) is 131 Å². The highest BCUT2D eigenvalue weighted by atomic mass is 15.2. The van der Waals surface area contributed by atoms with Gasteiger partial charge in [0.25, 0.3) is 0 Å². The lowest BCUT2D eigenvalue weighted by molar-refractivity contribution is 0.174. The molecule has 1 rings (SSSR count). The zero-order valence-corrected chi connectivity index (χ0v) is 27.8. The van der Waals surface area contributed by atoms with E-state index in [2.05, 4.69) is 52.7 Å². The SMILES string of the molecule is NCCCCCN(CCN(CCN)CCNCc1ccncc1)CCN(CCNCCN)CCNCCN(CCN)CCN. The number of aromatic nitrogens is 1. The van der Waals surface area contributed by atoms with Gasteiger partial charge >= 0.3 is 0 Å². The highest BCUT2D eigenvalue weighted by molar-refractivity contribution is 5.08. The Labute approximate surface area is 269 Å². The fourth-order valence-corrected chi connectivity index (χ4v) is 5.15. The van der Waals surface area contributed by atoms with Crippen molar-refractivity contribution in [3.05, 3.63) is 30.1 Å². The number of rotatable bonds is 33. The molecule has 44 heavy (non-hydrogen) atoms. The summed E-state index contributed by atoms with van der Waals surface area (Å²) >= 11 is 0. The van der Waals surface area contributed by atoms with E-state index < -0.39 is 0 Å². The first-order valence-corrected chi connectivity index (χ1v) is 17.1. The standard InChI is InChI=1S/C31H69N13/c32-6-2-1-3-18-41(26-28-43(21-10-36)25-17-40-30-31-4-11-37-12-5-31)27-29-44(23-14-38-13-7-33)24-16-39-15-22-42(19-8-34)20-9-35/h4-5,11-12,38-40H,1-3,6-10,13-30,32-36H2. The number of nitrogens with two attached hydrogens (primary N) is 5. The van der Waals surface area contributed by atoms with Crippen LogP contribution in [0.1, 0.15) is 24.8 Å². The Hall–Kier alpha value is -1.33. The Bertz CT molecular complexity index is 709. The molecule has 0 spiro atoms. The van der Waals surface area contributed by atoms with E-state index in [0.29, 0.717) is 26.2 Å². The Balaban J connectivity index is 2.59. The van der Waals surface area contributed by atoms with E-state index in [1.807, 2.05) is 12.4 Å². The summed E-state index contributed by atoms with van der Waals surface area (Å²) < 4.78 is 0.